The molecule has 1 aromatic heterocycles. The van der Waals surface area contributed by atoms with Gasteiger partial charge >= 0.3 is 0 Å². The molecule has 0 aliphatic carbocycles. The van der Waals surface area contributed by atoms with Crippen molar-refractivity contribution in [2.24, 2.45) is 0 Å². The zero-order valence-electron chi connectivity index (χ0n) is 8.42. The van der Waals surface area contributed by atoms with Crippen LogP contribution in [0, 0.1) is 5.82 Å². The van der Waals surface area contributed by atoms with Crippen molar-refractivity contribution in [3.63, 3.8) is 0 Å². The van der Waals surface area contributed by atoms with Crippen LogP contribution in [-0.4, -0.2) is 9.97 Å². The molecule has 4 nitrogen and oxygen atoms in total. The summed E-state index contributed by atoms with van der Waals surface area (Å²) in [5, 5.41) is 2.74. The van der Waals surface area contributed by atoms with E-state index in [1.807, 2.05) is 0 Å². The minimum Gasteiger partial charge on any atom is -0.382 e. The van der Waals surface area contributed by atoms with Crippen LogP contribution >= 0.6 is 23.2 Å². The molecule has 0 aliphatic rings. The molecule has 0 saturated heterocycles. The predicted octanol–water partition coefficient (Wildman–Crippen LogP) is 3.25. The molecule has 1 aromatic carbocycles. The molecule has 0 bridgehead atoms. The van der Waals surface area contributed by atoms with Gasteiger partial charge in [0.15, 0.2) is 5.82 Å². The zero-order valence-corrected chi connectivity index (χ0v) is 9.93. The van der Waals surface area contributed by atoms with Gasteiger partial charge in [0, 0.05) is 5.69 Å². The highest BCUT2D eigenvalue weighted by Crippen LogP contribution is 2.28. The second kappa shape index (κ2) is 4.73. The van der Waals surface area contributed by atoms with Crippen molar-refractivity contribution >= 4 is 40.5 Å². The molecule has 0 unspecified atom stereocenters. The van der Waals surface area contributed by atoms with Crippen LogP contribution in [0.25, 0.3) is 0 Å². The molecule has 0 amide bonds. The third-order valence-electron chi connectivity index (χ3n) is 1.93. The van der Waals surface area contributed by atoms with Gasteiger partial charge in [-0.2, -0.15) is 0 Å². The first kappa shape index (κ1) is 11.9. The van der Waals surface area contributed by atoms with Crippen molar-refractivity contribution in [1.29, 1.82) is 0 Å². The van der Waals surface area contributed by atoms with Gasteiger partial charge in [0.05, 0.1) is 22.4 Å². The normalized spacial score (nSPS) is 10.3. The van der Waals surface area contributed by atoms with E-state index in [1.165, 1.54) is 24.5 Å². The van der Waals surface area contributed by atoms with Gasteiger partial charge in [-0.05, 0) is 12.1 Å². The molecule has 0 aliphatic heterocycles. The van der Waals surface area contributed by atoms with Gasteiger partial charge < -0.3 is 11.1 Å². The van der Waals surface area contributed by atoms with Crippen molar-refractivity contribution < 1.29 is 4.39 Å². The Bertz CT molecular complexity index is 521. The molecule has 0 fully saturated rings. The molecule has 2 rings (SSSR count). The van der Waals surface area contributed by atoms with E-state index in [4.69, 9.17) is 28.9 Å². The average Bonchev–Trinajstić information content (AvgIpc) is 2.29. The first-order valence-electron chi connectivity index (χ1n) is 4.55. The number of halogens is 3. The number of hydrogen-bond donors (Lipinski definition) is 2. The summed E-state index contributed by atoms with van der Waals surface area (Å²) in [4.78, 5) is 7.83. The summed E-state index contributed by atoms with van der Waals surface area (Å²) < 4.78 is 13.2. The van der Waals surface area contributed by atoms with Crippen molar-refractivity contribution in [1.82, 2.24) is 9.97 Å². The highest BCUT2D eigenvalue weighted by atomic mass is 35.5. The molecule has 0 radical (unpaired) electrons. The van der Waals surface area contributed by atoms with Gasteiger partial charge in [0.1, 0.15) is 11.6 Å². The van der Waals surface area contributed by atoms with Crippen molar-refractivity contribution in [3.05, 3.63) is 40.4 Å². The second-order valence-corrected chi connectivity index (χ2v) is 4.02. The van der Waals surface area contributed by atoms with Crippen LogP contribution in [0.3, 0.4) is 0 Å². The SMILES string of the molecule is Nc1cnc(Nc2cc(Cl)c(F)c(Cl)c2)cn1. The summed E-state index contributed by atoms with van der Waals surface area (Å²) in [5.41, 5.74) is 5.91. The maximum atomic E-state index is 13.2. The van der Waals surface area contributed by atoms with Crippen LogP contribution in [-0.2, 0) is 0 Å². The van der Waals surface area contributed by atoms with E-state index in [-0.39, 0.29) is 10.0 Å². The Morgan fingerprint density at radius 1 is 1.12 bits per heavy atom. The Kier molecular flexibility index (Phi) is 3.31. The minimum atomic E-state index is -0.651. The molecule has 17 heavy (non-hydrogen) atoms. The van der Waals surface area contributed by atoms with Gasteiger partial charge in [-0.1, -0.05) is 23.2 Å². The largest absolute Gasteiger partial charge is 0.382 e. The maximum absolute atomic E-state index is 13.2. The Labute approximate surface area is 107 Å². The molecule has 0 spiro atoms. The molecular formula is C10H7Cl2FN4. The summed E-state index contributed by atoms with van der Waals surface area (Å²) in [6.45, 7) is 0. The highest BCUT2D eigenvalue weighted by Gasteiger charge is 2.08. The second-order valence-electron chi connectivity index (χ2n) is 3.21. The predicted molar refractivity (Wildman–Crippen MR) is 66.1 cm³/mol. The van der Waals surface area contributed by atoms with E-state index in [2.05, 4.69) is 15.3 Å². The lowest BCUT2D eigenvalue weighted by molar-refractivity contribution is 0.629. The third kappa shape index (κ3) is 2.75. The van der Waals surface area contributed by atoms with Crippen LogP contribution in [0.5, 0.6) is 0 Å². The van der Waals surface area contributed by atoms with E-state index in [1.54, 1.807) is 0 Å². The van der Waals surface area contributed by atoms with Crippen molar-refractivity contribution in [3.8, 4) is 0 Å². The minimum absolute atomic E-state index is 0.0663. The molecular weight excluding hydrogens is 266 g/mol. The van der Waals surface area contributed by atoms with E-state index in [0.29, 0.717) is 17.3 Å². The number of aromatic nitrogens is 2. The number of nitrogen functional groups attached to an aromatic ring is 1. The van der Waals surface area contributed by atoms with Crippen LogP contribution in [0.2, 0.25) is 10.0 Å². The highest BCUT2D eigenvalue weighted by molar-refractivity contribution is 6.35. The number of rotatable bonds is 2. The summed E-state index contributed by atoms with van der Waals surface area (Å²) in [6, 6.07) is 2.81. The number of anilines is 3. The lowest BCUT2D eigenvalue weighted by Crippen LogP contribution is -1.97. The monoisotopic (exact) mass is 272 g/mol. The zero-order chi connectivity index (χ0) is 12.4. The fourth-order valence-corrected chi connectivity index (χ4v) is 1.67. The quantitative estimate of drug-likeness (QED) is 0.824. The molecule has 88 valence electrons. The summed E-state index contributed by atoms with van der Waals surface area (Å²) in [5.74, 6) is 0.117. The fraction of sp³-hybridized carbons (Fsp3) is 0. The molecule has 7 heteroatoms. The van der Waals surface area contributed by atoms with E-state index < -0.39 is 5.82 Å². The van der Waals surface area contributed by atoms with E-state index in [0.717, 1.165) is 0 Å². The van der Waals surface area contributed by atoms with Gasteiger partial charge in [0.2, 0.25) is 0 Å². The summed E-state index contributed by atoms with van der Waals surface area (Å²) >= 11 is 11.3. The Morgan fingerprint density at radius 2 is 1.76 bits per heavy atom. The molecule has 0 atom stereocenters. The average molecular weight is 273 g/mol. The van der Waals surface area contributed by atoms with Crippen LogP contribution in [0.1, 0.15) is 0 Å². The van der Waals surface area contributed by atoms with Crippen LogP contribution in [0.4, 0.5) is 21.7 Å². The number of nitrogens with two attached hydrogens (primary N) is 1. The van der Waals surface area contributed by atoms with Crippen molar-refractivity contribution in [2.45, 2.75) is 0 Å². The van der Waals surface area contributed by atoms with Gasteiger partial charge in [-0.15, -0.1) is 0 Å². The first-order valence-corrected chi connectivity index (χ1v) is 5.31. The molecule has 3 N–H and O–H groups in total. The molecule has 2 aromatic rings. The smallest absolute Gasteiger partial charge is 0.160 e. The maximum Gasteiger partial charge on any atom is 0.160 e. The molecule has 0 saturated carbocycles. The Morgan fingerprint density at radius 3 is 2.29 bits per heavy atom. The van der Waals surface area contributed by atoms with E-state index in [9.17, 15) is 4.39 Å². The Hall–Kier alpha value is -1.59. The summed E-state index contributed by atoms with van der Waals surface area (Å²) in [6.07, 6.45) is 2.84. The standard InChI is InChI=1S/C10H7Cl2FN4/c11-6-1-5(2-7(12)10(6)13)17-9-4-15-8(14)3-16-9/h1-4H,(H2,14,15)(H,16,17). The van der Waals surface area contributed by atoms with Gasteiger partial charge in [-0.25, -0.2) is 14.4 Å². The Balaban J connectivity index is 2.27. The molecule has 1 heterocycles. The first-order chi connectivity index (χ1) is 8.06. The number of hydrogen-bond acceptors (Lipinski definition) is 4. The number of nitrogens with zero attached hydrogens (tertiary/aromatic N) is 2. The van der Waals surface area contributed by atoms with Gasteiger partial charge in [0.25, 0.3) is 0 Å². The van der Waals surface area contributed by atoms with E-state index >= 15 is 0 Å². The number of nitrogens with one attached hydrogen (secondary N) is 1. The fourth-order valence-electron chi connectivity index (χ4n) is 1.18. The third-order valence-corrected chi connectivity index (χ3v) is 2.48. The van der Waals surface area contributed by atoms with Crippen molar-refractivity contribution in [2.75, 3.05) is 11.1 Å². The van der Waals surface area contributed by atoms with Gasteiger partial charge in [-0.3, -0.25) is 0 Å². The lowest BCUT2D eigenvalue weighted by Gasteiger charge is -2.07. The summed E-state index contributed by atoms with van der Waals surface area (Å²) in [7, 11) is 0. The lowest BCUT2D eigenvalue weighted by atomic mass is 10.3. The topological polar surface area (TPSA) is 63.8 Å². The van der Waals surface area contributed by atoms with Crippen LogP contribution in [0.15, 0.2) is 24.5 Å². The van der Waals surface area contributed by atoms with Crippen LogP contribution < -0.4 is 11.1 Å². The number of benzene rings is 1.